The smallest absolute Gasteiger partial charge is 0.242 e. The maximum atomic E-state index is 12.9. The van der Waals surface area contributed by atoms with Gasteiger partial charge in [0.25, 0.3) is 0 Å². The van der Waals surface area contributed by atoms with E-state index in [0.29, 0.717) is 32.5 Å². The van der Waals surface area contributed by atoms with Crippen LogP contribution in [-0.2, 0) is 14.4 Å². The maximum absolute atomic E-state index is 12.9. The molecular weight excluding hydrogens is 360 g/mol. The molecular formula is C19H22N6O3. The zero-order chi connectivity index (χ0) is 19.5. The van der Waals surface area contributed by atoms with Crippen molar-refractivity contribution >= 4 is 23.4 Å². The van der Waals surface area contributed by atoms with Crippen LogP contribution in [-0.4, -0.2) is 57.1 Å². The summed E-state index contributed by atoms with van der Waals surface area (Å²) in [5.74, 6) is -0.594. The Labute approximate surface area is 162 Å². The number of piperidine rings is 1. The van der Waals surface area contributed by atoms with E-state index in [9.17, 15) is 14.4 Å². The monoisotopic (exact) mass is 382 g/mol. The summed E-state index contributed by atoms with van der Waals surface area (Å²) < 4.78 is 1.42. The summed E-state index contributed by atoms with van der Waals surface area (Å²) in [6, 6.07) is 9.42. The quantitative estimate of drug-likeness (QED) is 0.836. The van der Waals surface area contributed by atoms with Crippen molar-refractivity contribution in [2.45, 2.75) is 19.3 Å². The Morgan fingerprint density at radius 1 is 1.00 bits per heavy atom. The number of rotatable bonds is 4. The molecule has 28 heavy (non-hydrogen) atoms. The van der Waals surface area contributed by atoms with Gasteiger partial charge in [0, 0.05) is 37.7 Å². The molecule has 2 saturated heterocycles. The van der Waals surface area contributed by atoms with Gasteiger partial charge in [-0.15, -0.1) is 10.2 Å². The number of hydrogen-bond donors (Lipinski definition) is 1. The van der Waals surface area contributed by atoms with Crippen molar-refractivity contribution in [1.29, 1.82) is 0 Å². The van der Waals surface area contributed by atoms with E-state index in [-0.39, 0.29) is 36.0 Å². The Hall–Kier alpha value is -3.23. The number of nitrogens with zero attached hydrogens (tertiary/aromatic N) is 5. The molecule has 146 valence electrons. The van der Waals surface area contributed by atoms with Crippen molar-refractivity contribution in [1.82, 2.24) is 19.8 Å². The average molecular weight is 382 g/mol. The number of aromatic nitrogens is 3. The predicted molar refractivity (Wildman–Crippen MR) is 101 cm³/mol. The minimum atomic E-state index is -0.324. The number of benzene rings is 1. The molecule has 3 heterocycles. The highest BCUT2D eigenvalue weighted by atomic mass is 16.2. The Balaban J connectivity index is 1.31. The summed E-state index contributed by atoms with van der Waals surface area (Å²) in [7, 11) is 0. The van der Waals surface area contributed by atoms with Gasteiger partial charge in [-0.2, -0.15) is 0 Å². The fourth-order valence-electron chi connectivity index (χ4n) is 3.83. The molecule has 1 aromatic heterocycles. The number of anilines is 1. The lowest BCUT2D eigenvalue weighted by molar-refractivity contribution is -0.138. The normalized spacial score (nSPS) is 20.4. The van der Waals surface area contributed by atoms with E-state index >= 15 is 0 Å². The number of carbonyl (C=O) groups excluding carboxylic acids is 3. The molecule has 0 bridgehead atoms. The van der Waals surface area contributed by atoms with E-state index in [0.717, 1.165) is 5.69 Å². The Kier molecular flexibility index (Phi) is 5.05. The van der Waals surface area contributed by atoms with Gasteiger partial charge in [0.1, 0.15) is 12.7 Å². The molecule has 1 atom stereocenters. The van der Waals surface area contributed by atoms with Crippen molar-refractivity contribution in [3.63, 3.8) is 0 Å². The first-order valence-electron chi connectivity index (χ1n) is 9.41. The van der Waals surface area contributed by atoms with Crippen LogP contribution in [0.2, 0.25) is 0 Å². The first kappa shape index (κ1) is 18.1. The molecule has 2 aromatic rings. The number of carbonyl (C=O) groups is 3. The maximum Gasteiger partial charge on any atom is 0.242 e. The molecule has 1 unspecified atom stereocenters. The van der Waals surface area contributed by atoms with E-state index in [1.165, 1.54) is 17.3 Å². The van der Waals surface area contributed by atoms with Crippen molar-refractivity contribution in [2.24, 2.45) is 11.8 Å². The van der Waals surface area contributed by atoms with Gasteiger partial charge < -0.3 is 9.80 Å². The van der Waals surface area contributed by atoms with Gasteiger partial charge in [-0.1, -0.05) is 18.2 Å². The summed E-state index contributed by atoms with van der Waals surface area (Å²) in [5, 5.41) is 7.30. The van der Waals surface area contributed by atoms with Gasteiger partial charge in [-0.3, -0.25) is 19.8 Å². The number of hydrogen-bond acceptors (Lipinski definition) is 5. The van der Waals surface area contributed by atoms with Crippen molar-refractivity contribution in [2.75, 3.05) is 30.0 Å². The first-order valence-corrected chi connectivity index (χ1v) is 9.41. The van der Waals surface area contributed by atoms with Gasteiger partial charge in [0.15, 0.2) is 0 Å². The number of likely N-dealkylation sites (tertiary alicyclic amines) is 1. The standard InChI is InChI=1S/C19H22N6O3/c26-17-10-15(11-25(17)16-4-2-1-3-5-16)19(28)23-8-6-14(7-9-23)18(27)22-24-12-20-21-13-24/h1-5,12-15H,6-11H2,(H,22,27). The van der Waals surface area contributed by atoms with Crippen LogP contribution in [0, 0.1) is 11.8 Å². The SMILES string of the molecule is O=C(Nn1cnnc1)C1CCN(C(=O)C2CC(=O)N(c3ccccc3)C2)CC1. The second kappa shape index (κ2) is 7.79. The molecule has 0 spiro atoms. The van der Waals surface area contributed by atoms with Crippen LogP contribution in [0.15, 0.2) is 43.0 Å². The van der Waals surface area contributed by atoms with Gasteiger partial charge >= 0.3 is 0 Å². The Morgan fingerprint density at radius 2 is 1.68 bits per heavy atom. The van der Waals surface area contributed by atoms with Crippen LogP contribution >= 0.6 is 0 Å². The van der Waals surface area contributed by atoms with Crippen LogP contribution in [0.1, 0.15) is 19.3 Å². The summed E-state index contributed by atoms with van der Waals surface area (Å²) in [6.45, 7) is 1.46. The van der Waals surface area contributed by atoms with Gasteiger partial charge in [-0.25, -0.2) is 4.68 Å². The van der Waals surface area contributed by atoms with Crippen LogP contribution in [0.5, 0.6) is 0 Å². The van der Waals surface area contributed by atoms with Crippen molar-refractivity contribution in [3.05, 3.63) is 43.0 Å². The van der Waals surface area contributed by atoms with Crippen LogP contribution in [0.25, 0.3) is 0 Å². The third-order valence-corrected chi connectivity index (χ3v) is 5.38. The molecule has 1 aromatic carbocycles. The molecule has 1 N–H and O–H groups in total. The molecule has 9 heteroatoms. The van der Waals surface area contributed by atoms with Crippen molar-refractivity contribution < 1.29 is 14.4 Å². The second-order valence-corrected chi connectivity index (χ2v) is 7.19. The van der Waals surface area contributed by atoms with Crippen LogP contribution < -0.4 is 10.3 Å². The molecule has 4 rings (SSSR count). The molecule has 0 saturated carbocycles. The summed E-state index contributed by atoms with van der Waals surface area (Å²) >= 11 is 0. The lowest BCUT2D eigenvalue weighted by Crippen LogP contribution is -2.45. The summed E-state index contributed by atoms with van der Waals surface area (Å²) in [5.41, 5.74) is 3.54. The van der Waals surface area contributed by atoms with Gasteiger partial charge in [0.2, 0.25) is 17.7 Å². The fourth-order valence-corrected chi connectivity index (χ4v) is 3.83. The molecule has 0 aliphatic carbocycles. The number of para-hydroxylation sites is 1. The number of amides is 3. The molecule has 0 radical (unpaired) electrons. The lowest BCUT2D eigenvalue weighted by Gasteiger charge is -2.32. The minimum absolute atomic E-state index is 0.00412. The Morgan fingerprint density at radius 3 is 2.36 bits per heavy atom. The first-order chi connectivity index (χ1) is 13.6. The largest absolute Gasteiger partial charge is 0.342 e. The minimum Gasteiger partial charge on any atom is -0.342 e. The van der Waals surface area contributed by atoms with E-state index in [1.54, 1.807) is 9.80 Å². The lowest BCUT2D eigenvalue weighted by atomic mass is 9.95. The zero-order valence-electron chi connectivity index (χ0n) is 15.4. The number of nitrogens with one attached hydrogen (secondary N) is 1. The predicted octanol–water partition coefficient (Wildman–Crippen LogP) is 0.640. The average Bonchev–Trinajstić information content (AvgIpc) is 3.38. The van der Waals surface area contributed by atoms with Gasteiger partial charge in [0.05, 0.1) is 5.92 Å². The summed E-state index contributed by atoms with van der Waals surface area (Å²) in [4.78, 5) is 41.0. The van der Waals surface area contributed by atoms with E-state index in [2.05, 4.69) is 15.6 Å². The highest BCUT2D eigenvalue weighted by molar-refractivity contribution is 6.00. The molecule has 9 nitrogen and oxygen atoms in total. The second-order valence-electron chi connectivity index (χ2n) is 7.19. The summed E-state index contributed by atoms with van der Waals surface area (Å²) in [6.07, 6.45) is 4.28. The van der Waals surface area contributed by atoms with E-state index in [4.69, 9.17) is 0 Å². The van der Waals surface area contributed by atoms with E-state index in [1.807, 2.05) is 30.3 Å². The topological polar surface area (TPSA) is 100 Å². The van der Waals surface area contributed by atoms with Gasteiger partial charge in [-0.05, 0) is 25.0 Å². The third kappa shape index (κ3) is 3.73. The highest BCUT2D eigenvalue weighted by Gasteiger charge is 2.38. The molecule has 2 aliphatic heterocycles. The zero-order valence-corrected chi connectivity index (χ0v) is 15.4. The van der Waals surface area contributed by atoms with Crippen LogP contribution in [0.3, 0.4) is 0 Å². The van der Waals surface area contributed by atoms with E-state index < -0.39 is 0 Å². The van der Waals surface area contributed by atoms with Crippen LogP contribution in [0.4, 0.5) is 5.69 Å². The molecule has 3 amide bonds. The fraction of sp³-hybridized carbons (Fsp3) is 0.421. The van der Waals surface area contributed by atoms with Crippen molar-refractivity contribution in [3.8, 4) is 0 Å². The molecule has 2 aliphatic rings. The Bertz CT molecular complexity index is 846. The third-order valence-electron chi connectivity index (χ3n) is 5.38. The highest BCUT2D eigenvalue weighted by Crippen LogP contribution is 2.27. The molecule has 2 fully saturated rings.